The molecule has 1 amide bonds. The first-order chi connectivity index (χ1) is 9.11. The molecule has 1 fully saturated rings. The van der Waals surface area contributed by atoms with Crippen molar-refractivity contribution in [1.82, 2.24) is 5.32 Å². The molecule has 0 spiro atoms. The van der Waals surface area contributed by atoms with Crippen molar-refractivity contribution >= 4 is 6.09 Å². The number of amides is 1. The number of benzene rings is 1. The maximum Gasteiger partial charge on any atom is 0.416 e. The van der Waals surface area contributed by atoms with Gasteiger partial charge in [0.15, 0.2) is 6.61 Å². The number of ether oxygens (including phenoxy) is 1. The Labute approximate surface area is 108 Å². The maximum absolute atomic E-state index is 13.5. The second kappa shape index (κ2) is 4.57. The number of rotatable bonds is 1. The van der Waals surface area contributed by atoms with Crippen LogP contribution in [0.4, 0.5) is 31.1 Å². The molecule has 1 aromatic rings. The van der Waals surface area contributed by atoms with Gasteiger partial charge in [-0.3, -0.25) is 0 Å². The Kier molecular flexibility index (Phi) is 3.31. The van der Waals surface area contributed by atoms with Gasteiger partial charge >= 0.3 is 18.2 Å². The summed E-state index contributed by atoms with van der Waals surface area (Å²) < 4.78 is 82.2. The molecule has 1 N–H and O–H groups in total. The van der Waals surface area contributed by atoms with E-state index in [1.54, 1.807) is 5.32 Å². The van der Waals surface area contributed by atoms with Crippen LogP contribution in [0, 0.1) is 5.82 Å². The number of hydrogen-bond donors (Lipinski definition) is 1. The monoisotopic (exact) mass is 299 g/mol. The third kappa shape index (κ3) is 2.66. The highest BCUT2D eigenvalue weighted by atomic mass is 19.4. The molecule has 1 aliphatic heterocycles. The second-order valence-corrected chi connectivity index (χ2v) is 4.15. The van der Waals surface area contributed by atoms with Gasteiger partial charge in [0, 0.05) is 5.56 Å². The van der Waals surface area contributed by atoms with Gasteiger partial charge in [0.25, 0.3) is 0 Å². The molecular formula is C11H7F6NO2. The lowest BCUT2D eigenvalue weighted by Crippen LogP contribution is -2.50. The third-order valence-corrected chi connectivity index (χ3v) is 2.71. The molecule has 2 rings (SSSR count). The van der Waals surface area contributed by atoms with Gasteiger partial charge in [0.1, 0.15) is 11.9 Å². The Bertz CT molecular complexity index is 542. The molecule has 9 heteroatoms. The van der Waals surface area contributed by atoms with Crippen LogP contribution in [0.15, 0.2) is 18.2 Å². The van der Waals surface area contributed by atoms with E-state index in [2.05, 4.69) is 4.74 Å². The molecule has 3 nitrogen and oxygen atoms in total. The average Bonchev–Trinajstić information content (AvgIpc) is 2.32. The van der Waals surface area contributed by atoms with Crippen molar-refractivity contribution in [2.45, 2.75) is 18.1 Å². The summed E-state index contributed by atoms with van der Waals surface area (Å²) in [6.07, 6.45) is -6.06. The normalized spacial score (nSPS) is 22.1. The van der Waals surface area contributed by atoms with Crippen molar-refractivity contribution in [2.75, 3.05) is 6.61 Å². The molecule has 0 saturated carbocycles. The fourth-order valence-electron chi connectivity index (χ4n) is 1.76. The van der Waals surface area contributed by atoms with E-state index in [1.807, 2.05) is 0 Å². The zero-order valence-corrected chi connectivity index (χ0v) is 9.60. The highest BCUT2D eigenvalue weighted by Gasteiger charge is 2.48. The smallest absolute Gasteiger partial charge is 0.416 e. The lowest BCUT2D eigenvalue weighted by molar-refractivity contribution is -0.138. The van der Waals surface area contributed by atoms with E-state index in [0.29, 0.717) is 12.1 Å². The number of hydrogen-bond acceptors (Lipinski definition) is 2. The van der Waals surface area contributed by atoms with E-state index in [9.17, 15) is 31.1 Å². The third-order valence-electron chi connectivity index (χ3n) is 2.71. The van der Waals surface area contributed by atoms with E-state index in [4.69, 9.17) is 0 Å². The van der Waals surface area contributed by atoms with Crippen LogP contribution in [0.2, 0.25) is 0 Å². The lowest BCUT2D eigenvalue weighted by Gasteiger charge is -2.32. The first-order valence-corrected chi connectivity index (χ1v) is 5.29. The predicted molar refractivity (Wildman–Crippen MR) is 53.6 cm³/mol. The van der Waals surface area contributed by atoms with Crippen LogP contribution in [0.5, 0.6) is 0 Å². The van der Waals surface area contributed by atoms with Crippen molar-refractivity contribution < 1.29 is 35.9 Å². The summed E-state index contributed by atoms with van der Waals surface area (Å²) in [5.41, 5.74) is -2.23. The lowest BCUT2D eigenvalue weighted by atomic mass is 9.97. The molecular weight excluding hydrogens is 292 g/mol. The average molecular weight is 299 g/mol. The summed E-state index contributed by atoms with van der Waals surface area (Å²) >= 11 is 0. The SMILES string of the molecule is O=C1N[C@H](c2cc(C(F)(F)F)ccc2F)C(F)(F)CO1. The fourth-order valence-corrected chi connectivity index (χ4v) is 1.76. The number of halogens is 6. The predicted octanol–water partition coefficient (Wildman–Crippen LogP) is 3.26. The van der Waals surface area contributed by atoms with Gasteiger partial charge in [-0.2, -0.15) is 13.2 Å². The standard InChI is InChI=1S/C11H7F6NO2/c12-7-2-1-5(11(15,16)17)3-6(7)8-10(13,14)4-20-9(19)18-8/h1-3,8H,4H2,(H,18,19)/t8-/m1/s1. The molecule has 0 aromatic heterocycles. The van der Waals surface area contributed by atoms with E-state index in [0.717, 1.165) is 0 Å². The Hall–Kier alpha value is -1.93. The van der Waals surface area contributed by atoms with Crippen LogP contribution in [0.1, 0.15) is 17.2 Å². The van der Waals surface area contributed by atoms with Gasteiger partial charge in [0.2, 0.25) is 0 Å². The number of cyclic esters (lactones) is 1. The molecule has 0 radical (unpaired) electrons. The Morgan fingerprint density at radius 3 is 2.55 bits per heavy atom. The van der Waals surface area contributed by atoms with Crippen molar-refractivity contribution in [3.63, 3.8) is 0 Å². The Balaban J connectivity index is 2.47. The summed E-state index contributed by atoms with van der Waals surface area (Å²) in [6.45, 7) is -1.33. The highest BCUT2D eigenvalue weighted by Crippen LogP contribution is 2.38. The Morgan fingerprint density at radius 2 is 1.95 bits per heavy atom. The molecule has 110 valence electrons. The summed E-state index contributed by atoms with van der Waals surface area (Å²) in [7, 11) is 0. The maximum atomic E-state index is 13.5. The zero-order chi connectivity index (χ0) is 15.1. The second-order valence-electron chi connectivity index (χ2n) is 4.15. The minimum absolute atomic E-state index is 0.250. The van der Waals surface area contributed by atoms with E-state index >= 15 is 0 Å². The first-order valence-electron chi connectivity index (χ1n) is 5.29. The molecule has 1 aromatic carbocycles. The van der Waals surface area contributed by atoms with Gasteiger partial charge in [-0.05, 0) is 18.2 Å². The number of carbonyl (C=O) groups is 1. The molecule has 0 bridgehead atoms. The van der Waals surface area contributed by atoms with Crippen LogP contribution in [0.3, 0.4) is 0 Å². The first kappa shape index (κ1) is 14.5. The van der Waals surface area contributed by atoms with Crippen LogP contribution >= 0.6 is 0 Å². The minimum atomic E-state index is -4.81. The molecule has 1 heterocycles. The molecule has 20 heavy (non-hydrogen) atoms. The summed E-state index contributed by atoms with van der Waals surface area (Å²) in [6, 6.07) is -1.11. The minimum Gasteiger partial charge on any atom is -0.443 e. The summed E-state index contributed by atoms with van der Waals surface area (Å²) in [5, 5.41) is 1.62. The van der Waals surface area contributed by atoms with Crippen molar-refractivity contribution in [3.05, 3.63) is 35.1 Å². The Morgan fingerprint density at radius 1 is 1.30 bits per heavy atom. The van der Waals surface area contributed by atoms with Crippen LogP contribution in [0.25, 0.3) is 0 Å². The molecule has 0 aliphatic carbocycles. The van der Waals surface area contributed by atoms with Crippen LogP contribution < -0.4 is 5.32 Å². The largest absolute Gasteiger partial charge is 0.443 e. The number of alkyl carbamates (subject to hydrolysis) is 1. The van der Waals surface area contributed by atoms with Crippen LogP contribution in [-0.2, 0) is 10.9 Å². The zero-order valence-electron chi connectivity index (χ0n) is 9.60. The van der Waals surface area contributed by atoms with E-state index < -0.39 is 47.8 Å². The van der Waals surface area contributed by atoms with Gasteiger partial charge in [-0.25, -0.2) is 18.0 Å². The molecule has 1 atom stereocenters. The number of carbonyl (C=O) groups excluding carboxylic acids is 1. The topological polar surface area (TPSA) is 38.3 Å². The number of alkyl halides is 5. The molecule has 1 saturated heterocycles. The summed E-state index contributed by atoms with van der Waals surface area (Å²) in [5.74, 6) is -5.00. The van der Waals surface area contributed by atoms with Gasteiger partial charge in [-0.1, -0.05) is 0 Å². The van der Waals surface area contributed by atoms with E-state index in [-0.39, 0.29) is 6.07 Å². The van der Waals surface area contributed by atoms with Crippen LogP contribution in [-0.4, -0.2) is 18.6 Å². The summed E-state index contributed by atoms with van der Waals surface area (Å²) in [4.78, 5) is 10.9. The molecule has 0 unspecified atom stereocenters. The van der Waals surface area contributed by atoms with Crippen molar-refractivity contribution in [2.24, 2.45) is 0 Å². The quantitative estimate of drug-likeness (QED) is 0.808. The van der Waals surface area contributed by atoms with E-state index in [1.165, 1.54) is 0 Å². The van der Waals surface area contributed by atoms with Gasteiger partial charge in [0.05, 0.1) is 5.56 Å². The number of nitrogens with one attached hydrogen (secondary N) is 1. The van der Waals surface area contributed by atoms with Gasteiger partial charge < -0.3 is 10.1 Å². The van der Waals surface area contributed by atoms with Crippen molar-refractivity contribution in [3.8, 4) is 0 Å². The highest BCUT2D eigenvalue weighted by molar-refractivity contribution is 5.69. The molecule has 1 aliphatic rings. The van der Waals surface area contributed by atoms with Crippen molar-refractivity contribution in [1.29, 1.82) is 0 Å². The van der Waals surface area contributed by atoms with Gasteiger partial charge in [-0.15, -0.1) is 0 Å². The fraction of sp³-hybridized carbons (Fsp3) is 0.364.